The maximum atomic E-state index is 12.1. The summed E-state index contributed by atoms with van der Waals surface area (Å²) in [5.74, 6) is -0.943. The average Bonchev–Trinajstić information content (AvgIpc) is 2.52. The molecule has 0 saturated carbocycles. The van der Waals surface area contributed by atoms with E-state index in [0.717, 1.165) is 0 Å². The van der Waals surface area contributed by atoms with Crippen LogP contribution in [0, 0.1) is 5.92 Å². The van der Waals surface area contributed by atoms with Crippen LogP contribution in [0.2, 0.25) is 0 Å². The molecular weight excluding hydrogens is 286 g/mol. The Kier molecular flexibility index (Phi) is 7.39. The minimum atomic E-state index is -1.03. The van der Waals surface area contributed by atoms with Crippen molar-refractivity contribution in [2.75, 3.05) is 20.3 Å². The number of hydrogen-bond donors (Lipinski definition) is 2. The lowest BCUT2D eigenvalue weighted by Gasteiger charge is -2.20. The van der Waals surface area contributed by atoms with E-state index in [-0.39, 0.29) is 5.92 Å². The fraction of sp³-hybridized carbons (Fsp3) is 0.500. The lowest BCUT2D eigenvalue weighted by Crippen LogP contribution is -2.45. The lowest BCUT2D eigenvalue weighted by molar-refractivity contribution is -0.140. The molecule has 6 nitrogen and oxygen atoms in total. The fourth-order valence-electron chi connectivity index (χ4n) is 1.85. The van der Waals surface area contributed by atoms with Gasteiger partial charge < -0.3 is 19.9 Å². The third-order valence-electron chi connectivity index (χ3n) is 3.44. The van der Waals surface area contributed by atoms with Crippen molar-refractivity contribution in [2.24, 2.45) is 5.92 Å². The van der Waals surface area contributed by atoms with Crippen LogP contribution in [-0.2, 0) is 9.53 Å². The van der Waals surface area contributed by atoms with Gasteiger partial charge in [0.2, 0.25) is 0 Å². The first kappa shape index (κ1) is 18.0. The molecule has 2 atom stereocenters. The fourth-order valence-corrected chi connectivity index (χ4v) is 1.85. The normalized spacial score (nSPS) is 13.2. The molecule has 22 heavy (non-hydrogen) atoms. The molecule has 1 amide bonds. The summed E-state index contributed by atoms with van der Waals surface area (Å²) in [6.45, 7) is 4.60. The van der Waals surface area contributed by atoms with Gasteiger partial charge in [-0.25, -0.2) is 4.79 Å². The number of carbonyl (C=O) groups is 2. The van der Waals surface area contributed by atoms with Crippen molar-refractivity contribution in [2.45, 2.75) is 26.3 Å². The third-order valence-corrected chi connectivity index (χ3v) is 3.44. The van der Waals surface area contributed by atoms with Crippen molar-refractivity contribution in [3.63, 3.8) is 0 Å². The van der Waals surface area contributed by atoms with E-state index in [1.165, 1.54) is 0 Å². The molecule has 6 heteroatoms. The van der Waals surface area contributed by atoms with Gasteiger partial charge in [0.15, 0.2) is 0 Å². The lowest BCUT2D eigenvalue weighted by atomic mass is 9.99. The number of hydrogen-bond acceptors (Lipinski definition) is 4. The van der Waals surface area contributed by atoms with Crippen LogP contribution in [-0.4, -0.2) is 43.3 Å². The summed E-state index contributed by atoms with van der Waals surface area (Å²) in [5.41, 5.74) is 0.397. The third kappa shape index (κ3) is 5.37. The predicted octanol–water partition coefficient (Wildman–Crippen LogP) is 1.94. The van der Waals surface area contributed by atoms with Crippen LogP contribution < -0.4 is 10.1 Å². The standard InChI is InChI=1S/C16H23NO5/c1-4-11(2)14(16(19)20)17-15(18)12-5-7-13(8-6-12)22-10-9-21-3/h5-8,11,14H,4,9-10H2,1-3H3,(H,17,18)(H,19,20)/t11-,14-/m0/s1. The second kappa shape index (κ2) is 9.04. The summed E-state index contributed by atoms with van der Waals surface area (Å²) < 4.78 is 10.3. The Balaban J connectivity index is 2.66. The number of methoxy groups -OCH3 is 1. The molecule has 0 saturated heterocycles. The number of nitrogens with one attached hydrogen (secondary N) is 1. The summed E-state index contributed by atoms with van der Waals surface area (Å²) >= 11 is 0. The van der Waals surface area contributed by atoms with Crippen LogP contribution in [0.5, 0.6) is 5.75 Å². The van der Waals surface area contributed by atoms with E-state index in [9.17, 15) is 14.7 Å². The van der Waals surface area contributed by atoms with E-state index in [1.807, 2.05) is 6.92 Å². The number of ether oxygens (including phenoxy) is 2. The van der Waals surface area contributed by atoms with Gasteiger partial charge in [0.05, 0.1) is 6.61 Å². The molecule has 0 fully saturated rings. The maximum absolute atomic E-state index is 12.1. The van der Waals surface area contributed by atoms with E-state index >= 15 is 0 Å². The minimum absolute atomic E-state index is 0.141. The highest BCUT2D eigenvalue weighted by atomic mass is 16.5. The van der Waals surface area contributed by atoms with Crippen LogP contribution in [0.3, 0.4) is 0 Å². The number of carbonyl (C=O) groups excluding carboxylic acids is 1. The topological polar surface area (TPSA) is 84.9 Å². The Hall–Kier alpha value is -2.08. The number of aliphatic carboxylic acids is 1. The molecule has 0 aromatic heterocycles. The summed E-state index contributed by atoms with van der Waals surface area (Å²) in [5, 5.41) is 11.7. The Bertz CT molecular complexity index is 486. The monoisotopic (exact) mass is 309 g/mol. The molecule has 1 rings (SSSR count). The van der Waals surface area contributed by atoms with Gasteiger partial charge in [-0.2, -0.15) is 0 Å². The zero-order valence-electron chi connectivity index (χ0n) is 13.2. The van der Waals surface area contributed by atoms with E-state index in [0.29, 0.717) is 30.9 Å². The summed E-state index contributed by atoms with van der Waals surface area (Å²) in [6, 6.07) is 5.66. The Labute approximate surface area is 130 Å². The van der Waals surface area contributed by atoms with Crippen LogP contribution in [0.4, 0.5) is 0 Å². The first-order valence-corrected chi connectivity index (χ1v) is 7.25. The van der Waals surface area contributed by atoms with Crippen molar-refractivity contribution in [3.8, 4) is 5.75 Å². The van der Waals surface area contributed by atoms with Crippen LogP contribution >= 0.6 is 0 Å². The minimum Gasteiger partial charge on any atom is -0.491 e. The number of benzene rings is 1. The largest absolute Gasteiger partial charge is 0.491 e. The van der Waals surface area contributed by atoms with Gasteiger partial charge in [0.25, 0.3) is 5.91 Å². The molecule has 0 aliphatic carbocycles. The highest BCUT2D eigenvalue weighted by Gasteiger charge is 2.25. The van der Waals surface area contributed by atoms with Crippen molar-refractivity contribution in [1.29, 1.82) is 0 Å². The second-order valence-electron chi connectivity index (χ2n) is 5.04. The molecule has 122 valence electrons. The maximum Gasteiger partial charge on any atom is 0.326 e. The number of carboxylic acids is 1. The smallest absolute Gasteiger partial charge is 0.326 e. The Morgan fingerprint density at radius 1 is 1.23 bits per heavy atom. The van der Waals surface area contributed by atoms with Gasteiger partial charge in [-0.15, -0.1) is 0 Å². The van der Waals surface area contributed by atoms with Gasteiger partial charge in [-0.05, 0) is 30.2 Å². The van der Waals surface area contributed by atoms with E-state index in [4.69, 9.17) is 9.47 Å². The van der Waals surface area contributed by atoms with Gasteiger partial charge in [0, 0.05) is 12.7 Å². The van der Waals surface area contributed by atoms with Crippen molar-refractivity contribution in [3.05, 3.63) is 29.8 Å². The molecule has 1 aromatic rings. The molecule has 0 aliphatic rings. The van der Waals surface area contributed by atoms with E-state index in [2.05, 4.69) is 5.32 Å². The van der Waals surface area contributed by atoms with E-state index < -0.39 is 17.9 Å². The number of amides is 1. The molecule has 0 bridgehead atoms. The van der Waals surface area contributed by atoms with Crippen molar-refractivity contribution in [1.82, 2.24) is 5.32 Å². The first-order valence-electron chi connectivity index (χ1n) is 7.25. The molecule has 0 heterocycles. The summed E-state index contributed by atoms with van der Waals surface area (Å²) in [6.07, 6.45) is 0.670. The number of rotatable bonds is 9. The van der Waals surface area contributed by atoms with Gasteiger partial charge >= 0.3 is 5.97 Å². The van der Waals surface area contributed by atoms with Gasteiger partial charge in [-0.1, -0.05) is 20.3 Å². The second-order valence-corrected chi connectivity index (χ2v) is 5.04. The van der Waals surface area contributed by atoms with Gasteiger partial charge in [0.1, 0.15) is 18.4 Å². The molecule has 2 N–H and O–H groups in total. The van der Waals surface area contributed by atoms with Crippen LogP contribution in [0.15, 0.2) is 24.3 Å². The molecule has 0 unspecified atom stereocenters. The van der Waals surface area contributed by atoms with Gasteiger partial charge in [-0.3, -0.25) is 4.79 Å². The molecule has 0 radical (unpaired) electrons. The Morgan fingerprint density at radius 2 is 1.86 bits per heavy atom. The zero-order chi connectivity index (χ0) is 16.5. The highest BCUT2D eigenvalue weighted by molar-refractivity contribution is 5.96. The Morgan fingerprint density at radius 3 is 2.36 bits per heavy atom. The van der Waals surface area contributed by atoms with Crippen molar-refractivity contribution >= 4 is 11.9 Å². The van der Waals surface area contributed by atoms with Crippen molar-refractivity contribution < 1.29 is 24.2 Å². The van der Waals surface area contributed by atoms with E-state index in [1.54, 1.807) is 38.3 Å². The highest BCUT2D eigenvalue weighted by Crippen LogP contribution is 2.13. The zero-order valence-corrected chi connectivity index (χ0v) is 13.2. The summed E-state index contributed by atoms with van der Waals surface area (Å²) in [4.78, 5) is 23.3. The van der Waals surface area contributed by atoms with Crippen LogP contribution in [0.25, 0.3) is 0 Å². The first-order chi connectivity index (χ1) is 10.5. The van der Waals surface area contributed by atoms with Crippen LogP contribution in [0.1, 0.15) is 30.6 Å². The predicted molar refractivity (Wildman–Crippen MR) is 82.2 cm³/mol. The SMILES string of the molecule is CC[C@H](C)[C@H](NC(=O)c1ccc(OCCOC)cc1)C(=O)O. The summed E-state index contributed by atoms with van der Waals surface area (Å²) in [7, 11) is 1.59. The average molecular weight is 309 g/mol. The quantitative estimate of drug-likeness (QED) is 0.681. The molecular formula is C16H23NO5. The molecule has 0 aliphatic heterocycles. The number of carboxylic acid groups (broad SMARTS) is 1. The molecule has 1 aromatic carbocycles. The molecule has 0 spiro atoms.